The van der Waals surface area contributed by atoms with Gasteiger partial charge in [0.25, 0.3) is 11.8 Å². The van der Waals surface area contributed by atoms with Crippen molar-refractivity contribution in [3.63, 3.8) is 0 Å². The van der Waals surface area contributed by atoms with Crippen LogP contribution < -0.4 is 10.6 Å². The average molecular weight is 445 g/mol. The number of phenolic OH excluding ortho intramolecular Hbond substituents is 4. The van der Waals surface area contributed by atoms with Gasteiger partial charge in [-0.3, -0.25) is 14.4 Å². The first-order valence-corrected chi connectivity index (χ1v) is 9.95. The van der Waals surface area contributed by atoms with Crippen molar-refractivity contribution < 1.29 is 34.8 Å². The van der Waals surface area contributed by atoms with Crippen molar-refractivity contribution in [2.45, 2.75) is 25.3 Å². The van der Waals surface area contributed by atoms with E-state index in [0.717, 1.165) is 0 Å². The molecule has 10 nitrogen and oxygen atoms in total. The Morgan fingerprint density at radius 2 is 1.38 bits per heavy atom. The second-order valence-corrected chi connectivity index (χ2v) is 7.36. The van der Waals surface area contributed by atoms with E-state index < -0.39 is 40.9 Å². The third kappa shape index (κ3) is 6.03. The Balaban J connectivity index is 1.92. The first kappa shape index (κ1) is 24.3. The third-order valence-corrected chi connectivity index (χ3v) is 4.77. The van der Waals surface area contributed by atoms with Crippen LogP contribution in [0.5, 0.6) is 23.0 Å². The number of para-hydroxylation sites is 2. The number of phenols is 4. The summed E-state index contributed by atoms with van der Waals surface area (Å²) in [4.78, 5) is 38.4. The van der Waals surface area contributed by atoms with Crippen LogP contribution in [0.25, 0.3) is 0 Å². The lowest BCUT2D eigenvalue weighted by atomic mass is 10.1. The van der Waals surface area contributed by atoms with Crippen LogP contribution in [0.3, 0.4) is 0 Å². The fourth-order valence-corrected chi connectivity index (χ4v) is 3.00. The van der Waals surface area contributed by atoms with Crippen LogP contribution in [0.2, 0.25) is 0 Å². The minimum atomic E-state index is -0.870. The van der Waals surface area contributed by atoms with Crippen LogP contribution in [0, 0.1) is 0 Å². The van der Waals surface area contributed by atoms with Gasteiger partial charge in [0.1, 0.15) is 6.04 Å². The highest BCUT2D eigenvalue weighted by atomic mass is 16.3. The SMILES string of the molecule is CN(C)C(=O)C(CCCCNC(=O)c1cccc(O)c1O)NC(=O)c1cccc(O)c1O. The third-order valence-electron chi connectivity index (χ3n) is 4.77. The normalized spacial score (nSPS) is 11.4. The summed E-state index contributed by atoms with van der Waals surface area (Å²) in [6.07, 6.45) is 1.23. The Bertz CT molecular complexity index is 991. The summed E-state index contributed by atoms with van der Waals surface area (Å²) in [6.45, 7) is 0.248. The molecule has 0 saturated heterocycles. The summed E-state index contributed by atoms with van der Waals surface area (Å²) in [5, 5.41) is 43.9. The number of benzene rings is 2. The van der Waals surface area contributed by atoms with Gasteiger partial charge in [0.15, 0.2) is 23.0 Å². The van der Waals surface area contributed by atoms with Gasteiger partial charge in [0.2, 0.25) is 5.91 Å². The minimum Gasteiger partial charge on any atom is -0.504 e. The topological polar surface area (TPSA) is 159 Å². The number of likely N-dealkylation sites (N-methyl/N-ethyl adjacent to an activating group) is 1. The number of carbonyl (C=O) groups excluding carboxylic acids is 3. The van der Waals surface area contributed by atoms with Crippen molar-refractivity contribution in [2.24, 2.45) is 0 Å². The quantitative estimate of drug-likeness (QED) is 0.251. The summed E-state index contributed by atoms with van der Waals surface area (Å²) < 4.78 is 0. The number of hydrogen-bond donors (Lipinski definition) is 6. The average Bonchev–Trinajstić information content (AvgIpc) is 2.75. The standard InChI is InChI=1S/C22H27N3O7/c1-25(2)22(32)15(24-21(31)14-8-6-11-17(27)19(14)29)9-3-4-12-23-20(30)13-7-5-10-16(26)18(13)28/h5-8,10-11,15,26-29H,3-4,9,12H2,1-2H3,(H,23,30)(H,24,31). The summed E-state index contributed by atoms with van der Waals surface area (Å²) in [5.41, 5.74) is -0.205. The minimum absolute atomic E-state index is 0.0520. The maximum Gasteiger partial charge on any atom is 0.255 e. The molecule has 2 rings (SSSR count). The van der Waals surface area contributed by atoms with E-state index in [1.165, 1.54) is 41.3 Å². The van der Waals surface area contributed by atoms with Crippen LogP contribution >= 0.6 is 0 Å². The fraction of sp³-hybridized carbons (Fsp3) is 0.318. The molecule has 0 aliphatic carbocycles. The Hall–Kier alpha value is -3.95. The second-order valence-electron chi connectivity index (χ2n) is 7.36. The van der Waals surface area contributed by atoms with Crippen molar-refractivity contribution in [3.8, 4) is 23.0 Å². The van der Waals surface area contributed by atoms with Crippen molar-refractivity contribution in [2.75, 3.05) is 20.6 Å². The number of nitrogens with one attached hydrogen (secondary N) is 2. The highest BCUT2D eigenvalue weighted by Gasteiger charge is 2.24. The molecule has 0 fully saturated rings. The molecule has 6 N–H and O–H groups in total. The first-order valence-electron chi connectivity index (χ1n) is 9.95. The van der Waals surface area contributed by atoms with Gasteiger partial charge in [-0.25, -0.2) is 0 Å². The number of aromatic hydroxyl groups is 4. The van der Waals surface area contributed by atoms with E-state index in [9.17, 15) is 34.8 Å². The van der Waals surface area contributed by atoms with Crippen molar-refractivity contribution >= 4 is 17.7 Å². The van der Waals surface area contributed by atoms with E-state index in [1.54, 1.807) is 14.1 Å². The van der Waals surface area contributed by atoms with Crippen LogP contribution in [0.1, 0.15) is 40.0 Å². The van der Waals surface area contributed by atoms with Crippen molar-refractivity contribution in [3.05, 3.63) is 47.5 Å². The molecule has 1 unspecified atom stereocenters. The lowest BCUT2D eigenvalue weighted by molar-refractivity contribution is -0.130. The second kappa shape index (κ2) is 10.9. The lowest BCUT2D eigenvalue weighted by Gasteiger charge is -2.22. The van der Waals surface area contributed by atoms with Gasteiger partial charge in [0, 0.05) is 20.6 Å². The molecule has 0 aliphatic rings. The van der Waals surface area contributed by atoms with E-state index in [0.29, 0.717) is 12.8 Å². The molecular weight excluding hydrogens is 418 g/mol. The molecule has 0 saturated carbocycles. The smallest absolute Gasteiger partial charge is 0.255 e. The maximum absolute atomic E-state index is 12.5. The predicted octanol–water partition coefficient (Wildman–Crippen LogP) is 1.30. The van der Waals surface area contributed by atoms with Gasteiger partial charge in [0.05, 0.1) is 11.1 Å². The largest absolute Gasteiger partial charge is 0.504 e. The lowest BCUT2D eigenvalue weighted by Crippen LogP contribution is -2.46. The number of nitrogens with zero attached hydrogens (tertiary/aromatic N) is 1. The van der Waals surface area contributed by atoms with Crippen LogP contribution in [-0.2, 0) is 4.79 Å². The van der Waals surface area contributed by atoms with E-state index in [2.05, 4.69) is 10.6 Å². The van der Waals surface area contributed by atoms with E-state index in [-0.39, 0.29) is 30.0 Å². The van der Waals surface area contributed by atoms with Gasteiger partial charge in [-0.2, -0.15) is 0 Å². The zero-order valence-corrected chi connectivity index (χ0v) is 17.8. The van der Waals surface area contributed by atoms with Crippen molar-refractivity contribution in [1.29, 1.82) is 0 Å². The summed E-state index contributed by atoms with van der Waals surface area (Å²) in [6, 6.07) is 7.17. The van der Waals surface area contributed by atoms with Gasteiger partial charge >= 0.3 is 0 Å². The number of unbranched alkanes of at least 4 members (excludes halogenated alkanes) is 1. The molecule has 10 heteroatoms. The molecule has 2 aromatic carbocycles. The van der Waals surface area contributed by atoms with Crippen LogP contribution in [0.15, 0.2) is 36.4 Å². The number of rotatable bonds is 9. The highest BCUT2D eigenvalue weighted by molar-refractivity contribution is 6.00. The highest BCUT2D eigenvalue weighted by Crippen LogP contribution is 2.29. The number of amides is 3. The van der Waals surface area contributed by atoms with E-state index in [4.69, 9.17) is 0 Å². The van der Waals surface area contributed by atoms with Gasteiger partial charge in [-0.15, -0.1) is 0 Å². The van der Waals surface area contributed by atoms with Gasteiger partial charge < -0.3 is 36.0 Å². The molecule has 0 heterocycles. The molecule has 0 bridgehead atoms. The molecule has 1 atom stereocenters. The monoisotopic (exact) mass is 445 g/mol. The molecule has 2 aromatic rings. The molecule has 0 spiro atoms. The predicted molar refractivity (Wildman–Crippen MR) is 116 cm³/mol. The summed E-state index contributed by atoms with van der Waals surface area (Å²) in [7, 11) is 3.10. The number of hydrogen-bond acceptors (Lipinski definition) is 7. The summed E-state index contributed by atoms with van der Waals surface area (Å²) >= 11 is 0. The zero-order valence-electron chi connectivity index (χ0n) is 17.8. The van der Waals surface area contributed by atoms with Crippen molar-refractivity contribution in [1.82, 2.24) is 15.5 Å². The number of carbonyl (C=O) groups is 3. The van der Waals surface area contributed by atoms with Crippen LogP contribution in [-0.4, -0.2) is 69.7 Å². The molecular formula is C22H27N3O7. The summed E-state index contributed by atoms with van der Waals surface area (Å²) in [5.74, 6) is -3.50. The fourth-order valence-electron chi connectivity index (χ4n) is 3.00. The van der Waals surface area contributed by atoms with Gasteiger partial charge in [-0.05, 0) is 43.5 Å². The molecule has 0 aromatic heterocycles. The van der Waals surface area contributed by atoms with Crippen LogP contribution in [0.4, 0.5) is 0 Å². The Morgan fingerprint density at radius 3 is 1.91 bits per heavy atom. The van der Waals surface area contributed by atoms with E-state index >= 15 is 0 Å². The molecule has 32 heavy (non-hydrogen) atoms. The maximum atomic E-state index is 12.5. The Labute approximate surface area is 185 Å². The molecule has 0 aliphatic heterocycles. The zero-order chi connectivity index (χ0) is 23.8. The first-order chi connectivity index (χ1) is 15.1. The molecule has 0 radical (unpaired) electrons. The molecule has 3 amide bonds. The van der Waals surface area contributed by atoms with E-state index in [1.807, 2.05) is 0 Å². The van der Waals surface area contributed by atoms with Gasteiger partial charge in [-0.1, -0.05) is 12.1 Å². The Morgan fingerprint density at radius 1 is 0.844 bits per heavy atom. The molecule has 172 valence electrons. The Kier molecular flexibility index (Phi) is 8.28.